The van der Waals surface area contributed by atoms with Crippen LogP contribution in [0.15, 0.2) is 28.7 Å². The fourth-order valence-electron chi connectivity index (χ4n) is 2.20. The van der Waals surface area contributed by atoms with Crippen LogP contribution >= 0.6 is 15.9 Å². The quantitative estimate of drug-likeness (QED) is 0.849. The lowest BCUT2D eigenvalue weighted by atomic mass is 9.85. The Balaban J connectivity index is 1.90. The van der Waals surface area contributed by atoms with Crippen molar-refractivity contribution in [3.05, 3.63) is 34.3 Å². The topological polar surface area (TPSA) is 12.0 Å². The van der Waals surface area contributed by atoms with Crippen LogP contribution in [0.5, 0.6) is 0 Å². The zero-order valence-corrected chi connectivity index (χ0v) is 11.5. The molecule has 2 rings (SSSR count). The van der Waals surface area contributed by atoms with Crippen molar-refractivity contribution in [2.75, 3.05) is 6.54 Å². The summed E-state index contributed by atoms with van der Waals surface area (Å²) in [6.07, 6.45) is 5.43. The van der Waals surface area contributed by atoms with Gasteiger partial charge in [0, 0.05) is 10.5 Å². The molecule has 88 valence electrons. The van der Waals surface area contributed by atoms with Gasteiger partial charge in [-0.15, -0.1) is 0 Å². The van der Waals surface area contributed by atoms with Gasteiger partial charge in [0.25, 0.3) is 0 Å². The average molecular weight is 282 g/mol. The van der Waals surface area contributed by atoms with Crippen LogP contribution in [0, 0.1) is 5.92 Å². The molecule has 0 amide bonds. The Morgan fingerprint density at radius 1 is 1.31 bits per heavy atom. The Bertz CT molecular complexity index is 316. The normalized spacial score (nSPS) is 18.1. The van der Waals surface area contributed by atoms with Gasteiger partial charge in [0.15, 0.2) is 0 Å². The lowest BCUT2D eigenvalue weighted by Gasteiger charge is -2.28. The molecule has 1 atom stereocenters. The van der Waals surface area contributed by atoms with E-state index in [0.717, 1.165) is 16.8 Å². The minimum Gasteiger partial charge on any atom is -0.310 e. The van der Waals surface area contributed by atoms with E-state index in [1.165, 1.54) is 31.4 Å². The fourth-order valence-corrected chi connectivity index (χ4v) is 2.46. The number of nitrogens with one attached hydrogen (secondary N) is 1. The summed E-state index contributed by atoms with van der Waals surface area (Å²) in [5.41, 5.74) is 1.41. The van der Waals surface area contributed by atoms with Gasteiger partial charge in [0.1, 0.15) is 0 Å². The number of rotatable bonds is 5. The van der Waals surface area contributed by atoms with Crippen molar-refractivity contribution in [1.29, 1.82) is 0 Å². The molecule has 0 heterocycles. The van der Waals surface area contributed by atoms with Crippen LogP contribution in [0.2, 0.25) is 0 Å². The second-order valence-electron chi connectivity index (χ2n) is 4.72. The summed E-state index contributed by atoms with van der Waals surface area (Å²) >= 11 is 3.48. The van der Waals surface area contributed by atoms with Crippen molar-refractivity contribution in [1.82, 2.24) is 5.32 Å². The van der Waals surface area contributed by atoms with Gasteiger partial charge >= 0.3 is 0 Å². The van der Waals surface area contributed by atoms with Crippen LogP contribution in [0.1, 0.15) is 44.2 Å². The van der Waals surface area contributed by atoms with Crippen LogP contribution in [0.25, 0.3) is 0 Å². The maximum absolute atomic E-state index is 3.69. The molecule has 1 nitrogen and oxygen atoms in total. The Morgan fingerprint density at radius 2 is 2.00 bits per heavy atom. The Kier molecular flexibility index (Phi) is 4.42. The molecule has 1 aromatic rings. The van der Waals surface area contributed by atoms with Crippen LogP contribution in [-0.2, 0) is 0 Å². The Labute approximate surface area is 107 Å². The zero-order valence-electron chi connectivity index (χ0n) is 9.88. The highest BCUT2D eigenvalue weighted by Gasteiger charge is 2.18. The second kappa shape index (κ2) is 5.83. The van der Waals surface area contributed by atoms with E-state index in [-0.39, 0.29) is 0 Å². The molecule has 16 heavy (non-hydrogen) atoms. The van der Waals surface area contributed by atoms with Gasteiger partial charge in [0.2, 0.25) is 0 Å². The van der Waals surface area contributed by atoms with E-state index in [9.17, 15) is 0 Å². The highest BCUT2D eigenvalue weighted by Crippen LogP contribution is 2.27. The molecule has 1 aliphatic rings. The first-order valence-electron chi connectivity index (χ1n) is 6.28. The summed E-state index contributed by atoms with van der Waals surface area (Å²) in [7, 11) is 0. The summed E-state index contributed by atoms with van der Waals surface area (Å²) < 4.78 is 1.16. The van der Waals surface area contributed by atoms with E-state index in [2.05, 4.69) is 52.4 Å². The van der Waals surface area contributed by atoms with Gasteiger partial charge in [-0.25, -0.2) is 0 Å². The second-order valence-corrected chi connectivity index (χ2v) is 5.63. The van der Waals surface area contributed by atoms with Crippen molar-refractivity contribution in [3.8, 4) is 0 Å². The van der Waals surface area contributed by atoms with E-state index in [1.54, 1.807) is 0 Å². The minimum atomic E-state index is 0.522. The lowest BCUT2D eigenvalue weighted by molar-refractivity contribution is 0.288. The molecule has 1 fully saturated rings. The summed E-state index contributed by atoms with van der Waals surface area (Å²) in [6.45, 7) is 3.44. The van der Waals surface area contributed by atoms with Crippen molar-refractivity contribution >= 4 is 15.9 Å². The van der Waals surface area contributed by atoms with Crippen LogP contribution in [-0.4, -0.2) is 6.54 Å². The van der Waals surface area contributed by atoms with E-state index in [1.807, 2.05) is 0 Å². The third-order valence-corrected chi connectivity index (χ3v) is 4.09. The molecular formula is C14H20BrN. The molecule has 0 aromatic heterocycles. The van der Waals surface area contributed by atoms with Gasteiger partial charge in [-0.05, 0) is 49.4 Å². The maximum atomic E-state index is 3.69. The smallest absolute Gasteiger partial charge is 0.0317 e. The molecule has 1 saturated carbocycles. The van der Waals surface area contributed by atoms with Crippen LogP contribution in [0.3, 0.4) is 0 Å². The van der Waals surface area contributed by atoms with E-state index in [4.69, 9.17) is 0 Å². The molecular weight excluding hydrogens is 262 g/mol. The molecule has 1 aliphatic carbocycles. The van der Waals surface area contributed by atoms with Crippen LogP contribution in [0.4, 0.5) is 0 Å². The van der Waals surface area contributed by atoms with E-state index < -0.39 is 0 Å². The Hall–Kier alpha value is -0.340. The largest absolute Gasteiger partial charge is 0.310 e. The lowest BCUT2D eigenvalue weighted by Crippen LogP contribution is -2.30. The highest BCUT2D eigenvalue weighted by molar-refractivity contribution is 9.10. The van der Waals surface area contributed by atoms with Crippen molar-refractivity contribution in [2.45, 2.75) is 38.6 Å². The SMILES string of the molecule is CCC(NCC1CCC1)c1ccc(Br)cc1. The first-order valence-corrected chi connectivity index (χ1v) is 7.07. The van der Waals surface area contributed by atoms with Gasteiger partial charge in [-0.2, -0.15) is 0 Å². The standard InChI is InChI=1S/C14H20BrN/c1-2-14(16-10-11-4-3-5-11)12-6-8-13(15)9-7-12/h6-9,11,14,16H,2-5,10H2,1H3. The molecule has 0 spiro atoms. The first-order chi connectivity index (χ1) is 7.79. The summed E-state index contributed by atoms with van der Waals surface area (Å²) in [4.78, 5) is 0. The zero-order chi connectivity index (χ0) is 11.4. The monoisotopic (exact) mass is 281 g/mol. The average Bonchev–Trinajstić information content (AvgIpc) is 2.24. The molecule has 1 N–H and O–H groups in total. The molecule has 1 aromatic carbocycles. The van der Waals surface area contributed by atoms with Crippen molar-refractivity contribution < 1.29 is 0 Å². The fraction of sp³-hybridized carbons (Fsp3) is 0.571. The first kappa shape index (κ1) is 12.1. The molecule has 1 unspecified atom stereocenters. The van der Waals surface area contributed by atoms with Crippen molar-refractivity contribution in [2.24, 2.45) is 5.92 Å². The van der Waals surface area contributed by atoms with Gasteiger partial charge in [-0.3, -0.25) is 0 Å². The van der Waals surface area contributed by atoms with Crippen LogP contribution < -0.4 is 5.32 Å². The number of benzene rings is 1. The number of hydrogen-bond acceptors (Lipinski definition) is 1. The minimum absolute atomic E-state index is 0.522. The third-order valence-electron chi connectivity index (χ3n) is 3.56. The molecule has 0 bridgehead atoms. The summed E-state index contributed by atoms with van der Waals surface area (Å²) in [5, 5.41) is 3.69. The molecule has 0 aliphatic heterocycles. The van der Waals surface area contributed by atoms with Gasteiger partial charge < -0.3 is 5.32 Å². The molecule has 2 heteroatoms. The molecule has 0 saturated heterocycles. The molecule has 0 radical (unpaired) electrons. The summed E-state index contributed by atoms with van der Waals surface area (Å²) in [6, 6.07) is 9.21. The van der Waals surface area contributed by atoms with E-state index in [0.29, 0.717) is 6.04 Å². The maximum Gasteiger partial charge on any atom is 0.0317 e. The third kappa shape index (κ3) is 3.08. The Morgan fingerprint density at radius 3 is 2.50 bits per heavy atom. The van der Waals surface area contributed by atoms with E-state index >= 15 is 0 Å². The van der Waals surface area contributed by atoms with Crippen molar-refractivity contribution in [3.63, 3.8) is 0 Å². The number of hydrogen-bond donors (Lipinski definition) is 1. The van der Waals surface area contributed by atoms with Gasteiger partial charge in [-0.1, -0.05) is 41.4 Å². The predicted molar refractivity (Wildman–Crippen MR) is 72.5 cm³/mol. The van der Waals surface area contributed by atoms with Gasteiger partial charge in [0.05, 0.1) is 0 Å². The number of halogens is 1. The highest BCUT2D eigenvalue weighted by atomic mass is 79.9. The summed E-state index contributed by atoms with van der Waals surface area (Å²) in [5.74, 6) is 0.935. The predicted octanol–water partition coefficient (Wildman–Crippen LogP) is 4.29.